The Hall–Kier alpha value is -1.17. The highest BCUT2D eigenvalue weighted by Crippen LogP contribution is 2.33. The van der Waals surface area contributed by atoms with Crippen LogP contribution in [0.4, 0.5) is 5.13 Å². The fourth-order valence-electron chi connectivity index (χ4n) is 1.94. The number of anilines is 1. The molecular formula is C9H13N3O2S. The molecular weight excluding hydrogens is 214 g/mol. The number of hydrogen-bond donors (Lipinski definition) is 1. The molecule has 0 aromatic carbocycles. The van der Waals surface area contributed by atoms with E-state index in [9.17, 15) is 9.90 Å². The summed E-state index contributed by atoms with van der Waals surface area (Å²) < 4.78 is 3.92. The lowest BCUT2D eigenvalue weighted by Crippen LogP contribution is -2.55. The first kappa shape index (κ1) is 10.4. The van der Waals surface area contributed by atoms with Gasteiger partial charge in [-0.15, -0.1) is 0 Å². The van der Waals surface area contributed by atoms with Gasteiger partial charge in [0.05, 0.1) is 0 Å². The maximum atomic E-state index is 11.3. The SMILES string of the molecule is CC1(C(=O)O)CCCCN1c1ncns1. The average molecular weight is 227 g/mol. The molecule has 0 amide bonds. The van der Waals surface area contributed by atoms with Crippen molar-refractivity contribution in [3.8, 4) is 0 Å². The molecule has 1 N–H and O–H groups in total. The standard InChI is InChI=1S/C9H13N3O2S/c1-9(7(13)14)4-2-3-5-12(9)8-10-6-11-15-8/h6H,2-5H2,1H3,(H,13,14). The molecule has 0 radical (unpaired) electrons. The second kappa shape index (κ2) is 3.77. The molecule has 1 unspecified atom stereocenters. The van der Waals surface area contributed by atoms with Crippen molar-refractivity contribution in [1.82, 2.24) is 9.36 Å². The second-order valence-corrected chi connectivity index (χ2v) is 4.67. The van der Waals surface area contributed by atoms with Crippen LogP contribution in [-0.4, -0.2) is 32.5 Å². The quantitative estimate of drug-likeness (QED) is 0.826. The molecule has 1 aromatic heterocycles. The fourth-order valence-corrected chi connectivity index (χ4v) is 2.61. The molecule has 0 spiro atoms. The molecule has 82 valence electrons. The van der Waals surface area contributed by atoms with Crippen LogP contribution in [0.15, 0.2) is 6.33 Å². The van der Waals surface area contributed by atoms with Crippen LogP contribution in [0.5, 0.6) is 0 Å². The van der Waals surface area contributed by atoms with E-state index in [4.69, 9.17) is 0 Å². The molecule has 1 fully saturated rings. The first-order valence-electron chi connectivity index (χ1n) is 4.92. The zero-order valence-electron chi connectivity index (χ0n) is 8.51. The van der Waals surface area contributed by atoms with Crippen molar-refractivity contribution in [2.24, 2.45) is 0 Å². The maximum Gasteiger partial charge on any atom is 0.329 e. The molecule has 5 nitrogen and oxygen atoms in total. The summed E-state index contributed by atoms with van der Waals surface area (Å²) in [7, 11) is 0. The summed E-state index contributed by atoms with van der Waals surface area (Å²) in [5.41, 5.74) is -0.822. The molecule has 0 bridgehead atoms. The van der Waals surface area contributed by atoms with Gasteiger partial charge in [0.1, 0.15) is 11.9 Å². The van der Waals surface area contributed by atoms with Crippen molar-refractivity contribution in [3.63, 3.8) is 0 Å². The van der Waals surface area contributed by atoms with E-state index in [-0.39, 0.29) is 0 Å². The van der Waals surface area contributed by atoms with E-state index in [1.807, 2.05) is 4.90 Å². The molecule has 1 aromatic rings. The smallest absolute Gasteiger partial charge is 0.329 e. The van der Waals surface area contributed by atoms with Crippen LogP contribution in [0.3, 0.4) is 0 Å². The molecule has 1 aliphatic heterocycles. The monoisotopic (exact) mass is 227 g/mol. The van der Waals surface area contributed by atoms with Crippen LogP contribution in [0, 0.1) is 0 Å². The van der Waals surface area contributed by atoms with Gasteiger partial charge in [0.2, 0.25) is 5.13 Å². The van der Waals surface area contributed by atoms with Crippen molar-refractivity contribution in [3.05, 3.63) is 6.33 Å². The van der Waals surface area contributed by atoms with Crippen LogP contribution >= 0.6 is 11.5 Å². The third-order valence-corrected chi connectivity index (χ3v) is 3.62. The molecule has 15 heavy (non-hydrogen) atoms. The topological polar surface area (TPSA) is 66.3 Å². The molecule has 1 aliphatic rings. The van der Waals surface area contributed by atoms with Crippen molar-refractivity contribution in [1.29, 1.82) is 0 Å². The summed E-state index contributed by atoms with van der Waals surface area (Å²) in [6.07, 6.45) is 4.11. The third-order valence-electron chi connectivity index (χ3n) is 2.93. The zero-order chi connectivity index (χ0) is 10.9. The number of carbonyl (C=O) groups is 1. The van der Waals surface area contributed by atoms with Crippen molar-refractivity contribution < 1.29 is 9.90 Å². The van der Waals surface area contributed by atoms with E-state index in [1.54, 1.807) is 6.92 Å². The first-order valence-corrected chi connectivity index (χ1v) is 5.69. The number of piperidine rings is 1. The van der Waals surface area contributed by atoms with Crippen molar-refractivity contribution in [2.75, 3.05) is 11.4 Å². The predicted octanol–water partition coefficient (Wildman–Crippen LogP) is 1.37. The van der Waals surface area contributed by atoms with Gasteiger partial charge in [-0.1, -0.05) is 0 Å². The average Bonchev–Trinajstić information content (AvgIpc) is 2.71. The maximum absolute atomic E-state index is 11.3. The lowest BCUT2D eigenvalue weighted by Gasteiger charge is -2.41. The van der Waals surface area contributed by atoms with E-state index in [2.05, 4.69) is 9.36 Å². The van der Waals surface area contributed by atoms with E-state index in [0.717, 1.165) is 19.4 Å². The first-order chi connectivity index (χ1) is 7.14. The predicted molar refractivity (Wildman–Crippen MR) is 57.1 cm³/mol. The van der Waals surface area contributed by atoms with E-state index in [1.165, 1.54) is 17.9 Å². The van der Waals surface area contributed by atoms with Gasteiger partial charge in [-0.3, -0.25) is 0 Å². The Kier molecular flexibility index (Phi) is 2.60. The van der Waals surface area contributed by atoms with Crippen LogP contribution < -0.4 is 4.90 Å². The second-order valence-electron chi connectivity index (χ2n) is 3.91. The van der Waals surface area contributed by atoms with Gasteiger partial charge in [0, 0.05) is 18.1 Å². The molecule has 6 heteroatoms. The zero-order valence-corrected chi connectivity index (χ0v) is 9.33. The van der Waals surface area contributed by atoms with Crippen molar-refractivity contribution in [2.45, 2.75) is 31.7 Å². The van der Waals surface area contributed by atoms with Crippen LogP contribution in [-0.2, 0) is 4.79 Å². The van der Waals surface area contributed by atoms with Gasteiger partial charge < -0.3 is 10.0 Å². The summed E-state index contributed by atoms with van der Waals surface area (Å²) in [4.78, 5) is 17.2. The van der Waals surface area contributed by atoms with Gasteiger partial charge >= 0.3 is 5.97 Å². The summed E-state index contributed by atoms with van der Waals surface area (Å²) in [5, 5.41) is 9.99. The largest absolute Gasteiger partial charge is 0.480 e. The van der Waals surface area contributed by atoms with Gasteiger partial charge in [-0.25, -0.2) is 9.78 Å². The number of carboxylic acids is 1. The Labute approximate surface area is 91.9 Å². The Bertz CT molecular complexity index is 354. The number of aromatic nitrogens is 2. The Morgan fingerprint density at radius 2 is 2.47 bits per heavy atom. The van der Waals surface area contributed by atoms with E-state index >= 15 is 0 Å². The molecule has 0 saturated carbocycles. The molecule has 2 rings (SSSR count). The summed E-state index contributed by atoms with van der Waals surface area (Å²) in [5.74, 6) is -0.780. The number of aliphatic carboxylic acids is 1. The Morgan fingerprint density at radius 3 is 3.07 bits per heavy atom. The molecule has 2 heterocycles. The minimum absolute atomic E-state index is 0.669. The minimum atomic E-state index is -0.822. The summed E-state index contributed by atoms with van der Waals surface area (Å²) in [6.45, 7) is 2.51. The third kappa shape index (κ3) is 1.69. The lowest BCUT2D eigenvalue weighted by molar-refractivity contribution is -0.143. The summed E-state index contributed by atoms with van der Waals surface area (Å²) >= 11 is 1.25. The minimum Gasteiger partial charge on any atom is -0.480 e. The molecule has 0 aliphatic carbocycles. The highest BCUT2D eigenvalue weighted by molar-refractivity contribution is 7.09. The number of carboxylic acid groups (broad SMARTS) is 1. The van der Waals surface area contributed by atoms with E-state index < -0.39 is 11.5 Å². The van der Waals surface area contributed by atoms with Gasteiger partial charge in [-0.2, -0.15) is 4.37 Å². The van der Waals surface area contributed by atoms with Crippen LogP contribution in [0.1, 0.15) is 26.2 Å². The van der Waals surface area contributed by atoms with E-state index in [0.29, 0.717) is 11.6 Å². The highest BCUT2D eigenvalue weighted by atomic mass is 32.1. The molecule has 1 atom stereocenters. The van der Waals surface area contributed by atoms with Gasteiger partial charge in [-0.05, 0) is 26.2 Å². The normalized spacial score (nSPS) is 26.6. The van der Waals surface area contributed by atoms with Crippen LogP contribution in [0.25, 0.3) is 0 Å². The Balaban J connectivity index is 2.31. The lowest BCUT2D eigenvalue weighted by atomic mass is 9.89. The Morgan fingerprint density at radius 1 is 1.67 bits per heavy atom. The van der Waals surface area contributed by atoms with Crippen molar-refractivity contribution >= 4 is 22.6 Å². The van der Waals surface area contributed by atoms with Crippen LogP contribution in [0.2, 0.25) is 0 Å². The van der Waals surface area contributed by atoms with Gasteiger partial charge in [0.25, 0.3) is 0 Å². The fraction of sp³-hybridized carbons (Fsp3) is 0.667. The molecule has 1 saturated heterocycles. The van der Waals surface area contributed by atoms with Gasteiger partial charge in [0.15, 0.2) is 0 Å². The number of rotatable bonds is 2. The number of nitrogens with zero attached hydrogens (tertiary/aromatic N) is 3. The number of hydrogen-bond acceptors (Lipinski definition) is 5. The summed E-state index contributed by atoms with van der Waals surface area (Å²) in [6, 6.07) is 0. The highest BCUT2D eigenvalue weighted by Gasteiger charge is 2.42.